The standard InChI is InChI=1S/C15H17F2NO3/c16-12-4-3-10(8-13(12)17)14(19)5-7-18-6-1-2-11(9-18)15(20)21/h3-4,8,11H,1-2,5-7,9H2,(H,20,21). The third-order valence-electron chi connectivity index (χ3n) is 3.75. The molecule has 1 N–H and O–H groups in total. The fraction of sp³-hybridized carbons (Fsp3) is 0.467. The predicted molar refractivity (Wildman–Crippen MR) is 72.1 cm³/mol. The summed E-state index contributed by atoms with van der Waals surface area (Å²) < 4.78 is 25.9. The number of hydrogen-bond acceptors (Lipinski definition) is 3. The molecule has 1 atom stereocenters. The van der Waals surface area contributed by atoms with Crippen molar-refractivity contribution in [3.05, 3.63) is 35.4 Å². The van der Waals surface area contributed by atoms with Crippen LogP contribution < -0.4 is 0 Å². The number of hydrogen-bond donors (Lipinski definition) is 1. The Kier molecular flexibility index (Phi) is 5.01. The Morgan fingerprint density at radius 3 is 2.71 bits per heavy atom. The van der Waals surface area contributed by atoms with E-state index < -0.39 is 23.5 Å². The molecule has 1 unspecified atom stereocenters. The molecular weight excluding hydrogens is 280 g/mol. The first kappa shape index (κ1) is 15.6. The summed E-state index contributed by atoms with van der Waals surface area (Å²) in [6.07, 6.45) is 1.61. The summed E-state index contributed by atoms with van der Waals surface area (Å²) in [4.78, 5) is 24.8. The quantitative estimate of drug-likeness (QED) is 0.848. The highest BCUT2D eigenvalue weighted by Crippen LogP contribution is 2.17. The van der Waals surface area contributed by atoms with Gasteiger partial charge in [-0.3, -0.25) is 9.59 Å². The van der Waals surface area contributed by atoms with Gasteiger partial charge in [-0.1, -0.05) is 0 Å². The Morgan fingerprint density at radius 2 is 2.05 bits per heavy atom. The number of ketones is 1. The minimum atomic E-state index is -1.04. The molecule has 4 nitrogen and oxygen atoms in total. The van der Waals surface area contributed by atoms with Crippen LogP contribution in [0.4, 0.5) is 8.78 Å². The lowest BCUT2D eigenvalue weighted by atomic mass is 9.98. The molecule has 0 spiro atoms. The number of carboxylic acid groups (broad SMARTS) is 1. The van der Waals surface area contributed by atoms with Gasteiger partial charge in [0.25, 0.3) is 0 Å². The molecule has 0 radical (unpaired) electrons. The first-order chi connectivity index (χ1) is 9.97. The van der Waals surface area contributed by atoms with Crippen molar-refractivity contribution in [2.24, 2.45) is 5.92 Å². The zero-order valence-electron chi connectivity index (χ0n) is 11.5. The summed E-state index contributed by atoms with van der Waals surface area (Å²) in [5.74, 6) is -3.49. The summed E-state index contributed by atoms with van der Waals surface area (Å²) in [6.45, 7) is 1.62. The van der Waals surface area contributed by atoms with Crippen LogP contribution in [0.15, 0.2) is 18.2 Å². The second-order valence-electron chi connectivity index (χ2n) is 5.28. The lowest BCUT2D eigenvalue weighted by Gasteiger charge is -2.30. The van der Waals surface area contributed by atoms with Crippen LogP contribution in [0.1, 0.15) is 29.6 Å². The molecule has 21 heavy (non-hydrogen) atoms. The van der Waals surface area contributed by atoms with Crippen LogP contribution in [0.3, 0.4) is 0 Å². The number of Topliss-reactive ketones (excluding diaryl/α,β-unsaturated/α-hetero) is 1. The van der Waals surface area contributed by atoms with Crippen molar-refractivity contribution in [1.29, 1.82) is 0 Å². The van der Waals surface area contributed by atoms with Crippen LogP contribution in [0.5, 0.6) is 0 Å². The molecule has 1 aliphatic heterocycles. The van der Waals surface area contributed by atoms with Crippen LogP contribution in [0, 0.1) is 17.6 Å². The number of benzene rings is 1. The van der Waals surface area contributed by atoms with Gasteiger partial charge in [-0.05, 0) is 37.6 Å². The van der Waals surface area contributed by atoms with Gasteiger partial charge < -0.3 is 10.0 Å². The first-order valence-corrected chi connectivity index (χ1v) is 6.91. The molecule has 1 heterocycles. The molecular formula is C15H17F2NO3. The molecule has 114 valence electrons. The van der Waals surface area contributed by atoms with Gasteiger partial charge in [0.05, 0.1) is 5.92 Å². The molecule has 1 fully saturated rings. The number of carboxylic acids is 1. The summed E-state index contributed by atoms with van der Waals surface area (Å²) >= 11 is 0. The van der Waals surface area contributed by atoms with Gasteiger partial charge in [-0.25, -0.2) is 8.78 Å². The Balaban J connectivity index is 1.88. The Bertz CT molecular complexity index is 548. The Morgan fingerprint density at radius 1 is 1.29 bits per heavy atom. The highest BCUT2D eigenvalue weighted by Gasteiger charge is 2.25. The fourth-order valence-corrected chi connectivity index (χ4v) is 2.53. The van der Waals surface area contributed by atoms with E-state index in [9.17, 15) is 18.4 Å². The number of likely N-dealkylation sites (tertiary alicyclic amines) is 1. The van der Waals surface area contributed by atoms with E-state index >= 15 is 0 Å². The van der Waals surface area contributed by atoms with Crippen molar-refractivity contribution in [1.82, 2.24) is 4.90 Å². The molecule has 6 heteroatoms. The minimum absolute atomic E-state index is 0.140. The number of carbonyl (C=O) groups excluding carboxylic acids is 1. The predicted octanol–water partition coefficient (Wildman–Crippen LogP) is 2.33. The smallest absolute Gasteiger partial charge is 0.307 e. The van der Waals surface area contributed by atoms with Crippen LogP contribution in [0.25, 0.3) is 0 Å². The zero-order valence-corrected chi connectivity index (χ0v) is 11.5. The molecule has 1 saturated heterocycles. The average molecular weight is 297 g/mol. The largest absolute Gasteiger partial charge is 0.481 e. The maximum absolute atomic E-state index is 13.1. The molecule has 0 bridgehead atoms. The van der Waals surface area contributed by atoms with E-state index in [1.54, 1.807) is 0 Å². The Labute approximate surface area is 121 Å². The fourth-order valence-electron chi connectivity index (χ4n) is 2.53. The molecule has 1 aromatic rings. The number of rotatable bonds is 5. The number of halogens is 2. The molecule has 1 aromatic carbocycles. The molecule has 0 amide bonds. The molecule has 2 rings (SSSR count). The second kappa shape index (κ2) is 6.76. The maximum atomic E-state index is 13.1. The van der Waals surface area contributed by atoms with Gasteiger partial charge in [0.1, 0.15) is 0 Å². The third kappa shape index (κ3) is 4.07. The van der Waals surface area contributed by atoms with Crippen molar-refractivity contribution >= 4 is 11.8 Å². The second-order valence-corrected chi connectivity index (χ2v) is 5.28. The number of carbonyl (C=O) groups is 2. The molecule has 0 aromatic heterocycles. The molecule has 1 aliphatic rings. The summed E-state index contributed by atoms with van der Waals surface area (Å²) in [7, 11) is 0. The van der Waals surface area contributed by atoms with Gasteiger partial charge in [0, 0.05) is 25.1 Å². The first-order valence-electron chi connectivity index (χ1n) is 6.91. The van der Waals surface area contributed by atoms with E-state index in [1.807, 2.05) is 4.90 Å². The van der Waals surface area contributed by atoms with Crippen LogP contribution in [0.2, 0.25) is 0 Å². The van der Waals surface area contributed by atoms with E-state index in [1.165, 1.54) is 6.07 Å². The SMILES string of the molecule is O=C(CCN1CCCC(C(=O)O)C1)c1ccc(F)c(F)c1. The van der Waals surface area contributed by atoms with Gasteiger partial charge >= 0.3 is 5.97 Å². The zero-order chi connectivity index (χ0) is 15.4. The number of nitrogens with zero attached hydrogens (tertiary/aromatic N) is 1. The Hall–Kier alpha value is -1.82. The number of piperidine rings is 1. The van der Waals surface area contributed by atoms with Crippen molar-refractivity contribution < 1.29 is 23.5 Å². The minimum Gasteiger partial charge on any atom is -0.481 e. The van der Waals surface area contributed by atoms with Gasteiger partial charge in [-0.15, -0.1) is 0 Å². The number of aliphatic carboxylic acids is 1. The van der Waals surface area contributed by atoms with Gasteiger partial charge in [-0.2, -0.15) is 0 Å². The van der Waals surface area contributed by atoms with Crippen LogP contribution in [-0.2, 0) is 4.79 Å². The monoisotopic (exact) mass is 297 g/mol. The van der Waals surface area contributed by atoms with E-state index in [0.29, 0.717) is 19.5 Å². The maximum Gasteiger partial charge on any atom is 0.307 e. The van der Waals surface area contributed by atoms with Crippen LogP contribution >= 0.6 is 0 Å². The van der Waals surface area contributed by atoms with E-state index in [2.05, 4.69) is 0 Å². The van der Waals surface area contributed by atoms with Crippen LogP contribution in [-0.4, -0.2) is 41.4 Å². The van der Waals surface area contributed by atoms with E-state index in [0.717, 1.165) is 25.1 Å². The normalized spacial score (nSPS) is 19.4. The van der Waals surface area contributed by atoms with Gasteiger partial charge in [0.15, 0.2) is 17.4 Å². The molecule has 0 saturated carbocycles. The lowest BCUT2D eigenvalue weighted by molar-refractivity contribution is -0.143. The summed E-state index contributed by atoms with van der Waals surface area (Å²) in [5.41, 5.74) is 0.140. The average Bonchev–Trinajstić information content (AvgIpc) is 2.48. The van der Waals surface area contributed by atoms with Crippen molar-refractivity contribution in [3.8, 4) is 0 Å². The van der Waals surface area contributed by atoms with E-state index in [-0.39, 0.29) is 17.8 Å². The lowest BCUT2D eigenvalue weighted by Crippen LogP contribution is -2.39. The highest BCUT2D eigenvalue weighted by atomic mass is 19.2. The summed E-state index contributed by atoms with van der Waals surface area (Å²) in [6, 6.07) is 3.09. The van der Waals surface area contributed by atoms with Gasteiger partial charge in [0.2, 0.25) is 0 Å². The summed E-state index contributed by atoms with van der Waals surface area (Å²) in [5, 5.41) is 9.00. The van der Waals surface area contributed by atoms with Crippen molar-refractivity contribution in [2.45, 2.75) is 19.3 Å². The topological polar surface area (TPSA) is 57.6 Å². The molecule has 0 aliphatic carbocycles. The van der Waals surface area contributed by atoms with Crippen molar-refractivity contribution in [3.63, 3.8) is 0 Å². The highest BCUT2D eigenvalue weighted by molar-refractivity contribution is 5.96. The van der Waals surface area contributed by atoms with E-state index in [4.69, 9.17) is 5.11 Å². The third-order valence-corrected chi connectivity index (χ3v) is 3.75. The van der Waals surface area contributed by atoms with Crippen molar-refractivity contribution in [2.75, 3.05) is 19.6 Å².